The molecule has 1 atom stereocenters. The van der Waals surface area contributed by atoms with Crippen LogP contribution in [-0.2, 0) is 0 Å². The van der Waals surface area contributed by atoms with E-state index in [2.05, 4.69) is 50.4 Å². The molecule has 0 aliphatic carbocycles. The molecule has 2 rings (SSSR count). The van der Waals surface area contributed by atoms with Crippen LogP contribution < -0.4 is 5.32 Å². The van der Waals surface area contributed by atoms with E-state index in [1.807, 2.05) is 6.07 Å². The van der Waals surface area contributed by atoms with Gasteiger partial charge in [0.2, 0.25) is 0 Å². The Morgan fingerprint density at radius 3 is 2.20 bits per heavy atom. The van der Waals surface area contributed by atoms with Crippen LogP contribution in [0.3, 0.4) is 0 Å². The summed E-state index contributed by atoms with van der Waals surface area (Å²) in [5.41, 5.74) is 2.55. The Morgan fingerprint density at radius 1 is 1.05 bits per heavy atom. The number of furan rings is 1. The van der Waals surface area contributed by atoms with Crippen LogP contribution in [0, 0.1) is 0 Å². The van der Waals surface area contributed by atoms with Crippen molar-refractivity contribution in [1.29, 1.82) is 0 Å². The van der Waals surface area contributed by atoms with Crippen LogP contribution in [-0.4, -0.2) is 6.54 Å². The lowest BCUT2D eigenvalue weighted by Gasteiger charge is -2.17. The summed E-state index contributed by atoms with van der Waals surface area (Å²) in [5, 5.41) is 3.94. The number of nitrogens with one attached hydrogen (secondary N) is 1. The van der Waals surface area contributed by atoms with E-state index in [9.17, 15) is 0 Å². The Kier molecular flexibility index (Phi) is 5.27. The van der Waals surface area contributed by atoms with E-state index in [1.165, 1.54) is 11.1 Å². The standard InChI is InChI=1S/C17H22ClNO/c1-4-11-19-17(15-9-10-16(18)20-15)14-7-5-13(6-8-14)12(2)3/h5-10,12,17,19H,4,11H2,1-3H3. The predicted molar refractivity (Wildman–Crippen MR) is 84.4 cm³/mol. The van der Waals surface area contributed by atoms with E-state index < -0.39 is 0 Å². The maximum absolute atomic E-state index is 5.90. The third-order valence-electron chi connectivity index (χ3n) is 3.41. The van der Waals surface area contributed by atoms with Gasteiger partial charge in [0.1, 0.15) is 5.76 Å². The highest BCUT2D eigenvalue weighted by Crippen LogP contribution is 2.27. The van der Waals surface area contributed by atoms with Gasteiger partial charge in [0, 0.05) is 0 Å². The first-order valence-corrected chi connectivity index (χ1v) is 7.58. The van der Waals surface area contributed by atoms with Crippen LogP contribution in [0.15, 0.2) is 40.8 Å². The van der Waals surface area contributed by atoms with Gasteiger partial charge in [-0.15, -0.1) is 0 Å². The topological polar surface area (TPSA) is 25.2 Å². The first-order valence-electron chi connectivity index (χ1n) is 7.20. The Morgan fingerprint density at radius 2 is 1.70 bits per heavy atom. The Hall–Kier alpha value is -1.25. The van der Waals surface area contributed by atoms with Crippen LogP contribution in [0.25, 0.3) is 0 Å². The fourth-order valence-electron chi connectivity index (χ4n) is 2.23. The largest absolute Gasteiger partial charge is 0.448 e. The summed E-state index contributed by atoms with van der Waals surface area (Å²) in [4.78, 5) is 0. The minimum atomic E-state index is 0.0589. The molecule has 1 unspecified atom stereocenters. The molecule has 1 aromatic heterocycles. The molecule has 20 heavy (non-hydrogen) atoms. The van der Waals surface area contributed by atoms with Crippen molar-refractivity contribution in [2.24, 2.45) is 0 Å². The molecule has 0 aliphatic rings. The summed E-state index contributed by atoms with van der Waals surface area (Å²) in [7, 11) is 0. The smallest absolute Gasteiger partial charge is 0.193 e. The second kappa shape index (κ2) is 6.96. The molecule has 1 N–H and O–H groups in total. The molecule has 0 spiro atoms. The molecule has 0 saturated heterocycles. The number of rotatable bonds is 6. The Balaban J connectivity index is 2.26. The lowest BCUT2D eigenvalue weighted by Crippen LogP contribution is -2.22. The predicted octanol–water partition coefficient (Wildman–Crippen LogP) is 5.15. The van der Waals surface area contributed by atoms with Gasteiger partial charge in [0.15, 0.2) is 5.22 Å². The molecule has 0 radical (unpaired) electrons. The molecule has 0 fully saturated rings. The highest BCUT2D eigenvalue weighted by atomic mass is 35.5. The van der Waals surface area contributed by atoms with Crippen LogP contribution in [0.5, 0.6) is 0 Å². The molecular formula is C17H22ClNO. The van der Waals surface area contributed by atoms with E-state index >= 15 is 0 Å². The van der Waals surface area contributed by atoms with Gasteiger partial charge < -0.3 is 9.73 Å². The zero-order valence-corrected chi connectivity index (χ0v) is 13.1. The van der Waals surface area contributed by atoms with Crippen LogP contribution >= 0.6 is 11.6 Å². The van der Waals surface area contributed by atoms with Gasteiger partial charge in [-0.25, -0.2) is 0 Å². The highest BCUT2D eigenvalue weighted by molar-refractivity contribution is 6.28. The molecule has 1 aromatic carbocycles. The monoisotopic (exact) mass is 291 g/mol. The molecule has 2 nitrogen and oxygen atoms in total. The average Bonchev–Trinajstić information content (AvgIpc) is 2.86. The first-order chi connectivity index (χ1) is 9.61. The van der Waals surface area contributed by atoms with Crippen molar-refractivity contribution in [1.82, 2.24) is 5.32 Å². The van der Waals surface area contributed by atoms with E-state index in [0.29, 0.717) is 11.1 Å². The van der Waals surface area contributed by atoms with Crippen molar-refractivity contribution in [3.05, 3.63) is 58.5 Å². The quantitative estimate of drug-likeness (QED) is 0.796. The van der Waals surface area contributed by atoms with E-state index in [0.717, 1.165) is 18.7 Å². The summed E-state index contributed by atoms with van der Waals surface area (Å²) in [6.45, 7) is 7.50. The van der Waals surface area contributed by atoms with Crippen molar-refractivity contribution in [2.45, 2.75) is 39.2 Å². The van der Waals surface area contributed by atoms with Crippen molar-refractivity contribution in [2.75, 3.05) is 6.54 Å². The average molecular weight is 292 g/mol. The summed E-state index contributed by atoms with van der Waals surface area (Å²) in [6, 6.07) is 12.5. The summed E-state index contributed by atoms with van der Waals surface area (Å²) in [5.74, 6) is 1.41. The van der Waals surface area contributed by atoms with Crippen molar-refractivity contribution < 1.29 is 4.42 Å². The second-order valence-corrected chi connectivity index (χ2v) is 5.72. The third-order valence-corrected chi connectivity index (χ3v) is 3.62. The molecule has 0 saturated carbocycles. The van der Waals surface area contributed by atoms with Gasteiger partial charge in [-0.05, 0) is 53.7 Å². The van der Waals surface area contributed by atoms with E-state index in [1.54, 1.807) is 6.07 Å². The molecule has 3 heteroatoms. The fraction of sp³-hybridized carbons (Fsp3) is 0.412. The lowest BCUT2D eigenvalue weighted by atomic mass is 9.98. The Bertz CT molecular complexity index is 530. The summed E-state index contributed by atoms with van der Waals surface area (Å²) >= 11 is 5.90. The molecule has 0 aliphatic heterocycles. The zero-order chi connectivity index (χ0) is 14.5. The number of hydrogen-bond donors (Lipinski definition) is 1. The van der Waals surface area contributed by atoms with Gasteiger partial charge in [-0.1, -0.05) is 45.0 Å². The number of hydrogen-bond acceptors (Lipinski definition) is 2. The van der Waals surface area contributed by atoms with E-state index in [-0.39, 0.29) is 6.04 Å². The summed E-state index contributed by atoms with van der Waals surface area (Å²) < 4.78 is 5.58. The van der Waals surface area contributed by atoms with Crippen molar-refractivity contribution >= 4 is 11.6 Å². The fourth-order valence-corrected chi connectivity index (χ4v) is 2.38. The first kappa shape index (κ1) is 15.1. The highest BCUT2D eigenvalue weighted by Gasteiger charge is 2.17. The molecule has 0 bridgehead atoms. The molecule has 108 valence electrons. The number of benzene rings is 1. The lowest BCUT2D eigenvalue weighted by molar-refractivity contribution is 0.448. The van der Waals surface area contributed by atoms with Crippen LogP contribution in [0.1, 0.15) is 56.0 Å². The molecular weight excluding hydrogens is 270 g/mol. The van der Waals surface area contributed by atoms with Crippen molar-refractivity contribution in [3.63, 3.8) is 0 Å². The summed E-state index contributed by atoms with van der Waals surface area (Å²) in [6.07, 6.45) is 1.08. The molecule has 2 aromatic rings. The SMILES string of the molecule is CCCNC(c1ccc(C(C)C)cc1)c1ccc(Cl)o1. The van der Waals surface area contributed by atoms with Gasteiger partial charge in [0.25, 0.3) is 0 Å². The van der Waals surface area contributed by atoms with Gasteiger partial charge in [-0.2, -0.15) is 0 Å². The second-order valence-electron chi connectivity index (χ2n) is 5.35. The maximum Gasteiger partial charge on any atom is 0.193 e. The third kappa shape index (κ3) is 3.65. The molecule has 1 heterocycles. The normalized spacial score (nSPS) is 12.8. The molecule has 0 amide bonds. The minimum Gasteiger partial charge on any atom is -0.448 e. The Labute approximate surface area is 126 Å². The van der Waals surface area contributed by atoms with Gasteiger partial charge in [-0.3, -0.25) is 0 Å². The van der Waals surface area contributed by atoms with E-state index in [4.69, 9.17) is 16.0 Å². The van der Waals surface area contributed by atoms with Gasteiger partial charge >= 0.3 is 0 Å². The maximum atomic E-state index is 5.90. The van der Waals surface area contributed by atoms with Crippen molar-refractivity contribution in [3.8, 4) is 0 Å². The minimum absolute atomic E-state index is 0.0589. The van der Waals surface area contributed by atoms with Gasteiger partial charge in [0.05, 0.1) is 6.04 Å². The zero-order valence-electron chi connectivity index (χ0n) is 12.3. The van der Waals surface area contributed by atoms with Crippen LogP contribution in [0.4, 0.5) is 0 Å². The number of halogens is 1. The van der Waals surface area contributed by atoms with Crippen LogP contribution in [0.2, 0.25) is 5.22 Å².